The Morgan fingerprint density at radius 1 is 0.815 bits per heavy atom. The molecule has 1 atom stereocenters. The van der Waals surface area contributed by atoms with Gasteiger partial charge in [0.1, 0.15) is 0 Å². The van der Waals surface area contributed by atoms with E-state index in [1.807, 2.05) is 71.6 Å². The van der Waals surface area contributed by atoms with Crippen molar-refractivity contribution in [2.24, 2.45) is 0 Å². The predicted molar refractivity (Wildman–Crippen MR) is 108 cm³/mol. The van der Waals surface area contributed by atoms with E-state index < -0.39 is 0 Å². The first-order valence-corrected chi connectivity index (χ1v) is 9.13. The molecule has 0 fully saturated rings. The molecule has 0 saturated heterocycles. The molecular weight excluding hydrogens is 332 g/mol. The van der Waals surface area contributed by atoms with Gasteiger partial charge in [0.05, 0.1) is 17.2 Å². The molecule has 3 nitrogen and oxygen atoms in total. The Balaban J connectivity index is 1.75. The first kappa shape index (κ1) is 15.8. The Morgan fingerprint density at radius 3 is 2.48 bits per heavy atom. The quantitative estimate of drug-likeness (QED) is 0.499. The van der Waals surface area contributed by atoms with Gasteiger partial charge in [-0.1, -0.05) is 66.7 Å². The van der Waals surface area contributed by atoms with Crippen molar-refractivity contribution in [3.05, 3.63) is 108 Å². The van der Waals surface area contributed by atoms with E-state index in [2.05, 4.69) is 23.2 Å². The minimum atomic E-state index is -0.0544. The highest BCUT2D eigenvalue weighted by atomic mass is 16.2. The topological polar surface area (TPSA) is 33.2 Å². The van der Waals surface area contributed by atoms with Crippen LogP contribution in [0.2, 0.25) is 0 Å². The number of hydrogen-bond acceptors (Lipinski definition) is 2. The van der Waals surface area contributed by atoms with Crippen LogP contribution in [0.5, 0.6) is 0 Å². The summed E-state index contributed by atoms with van der Waals surface area (Å²) < 4.78 is 0. The largest absolute Gasteiger partial charge is 0.298 e. The monoisotopic (exact) mass is 350 g/mol. The third-order valence-corrected chi connectivity index (χ3v) is 5.25. The molecule has 0 N–H and O–H groups in total. The van der Waals surface area contributed by atoms with Gasteiger partial charge in [0, 0.05) is 17.1 Å². The Morgan fingerprint density at radius 2 is 1.59 bits per heavy atom. The first-order valence-electron chi connectivity index (χ1n) is 9.13. The summed E-state index contributed by atoms with van der Waals surface area (Å²) in [5.74, 6) is 0.0313. The third kappa shape index (κ3) is 2.59. The number of pyridine rings is 1. The van der Waals surface area contributed by atoms with Gasteiger partial charge < -0.3 is 0 Å². The normalized spacial score (nSPS) is 16.4. The second kappa shape index (κ2) is 6.36. The first-order chi connectivity index (χ1) is 13.3. The Hall–Kier alpha value is -3.46. The zero-order valence-corrected chi connectivity index (χ0v) is 14.7. The van der Waals surface area contributed by atoms with Crippen LogP contribution in [0.3, 0.4) is 0 Å². The van der Waals surface area contributed by atoms with E-state index in [-0.39, 0.29) is 11.9 Å². The van der Waals surface area contributed by atoms with Crippen molar-refractivity contribution in [1.82, 2.24) is 4.98 Å². The second-order valence-corrected chi connectivity index (χ2v) is 6.82. The third-order valence-electron chi connectivity index (χ3n) is 5.25. The molecule has 0 unspecified atom stereocenters. The number of aromatic nitrogens is 1. The standard InChI is InChI=1S/C24H18N2O/c27-24-20-13-5-4-10-19(20)16-22(17-8-2-1-3-9-17)26(24)21-14-6-11-18-12-7-15-25-23(18)21/h1-15,22H,16H2/t22-/m1/s1. The number of carbonyl (C=O) groups excluding carboxylic acids is 1. The number of hydrogen-bond donors (Lipinski definition) is 0. The van der Waals surface area contributed by atoms with Gasteiger partial charge in [-0.3, -0.25) is 14.7 Å². The fourth-order valence-electron chi connectivity index (χ4n) is 3.98. The molecule has 0 bridgehead atoms. The van der Waals surface area contributed by atoms with E-state index in [0.717, 1.165) is 39.7 Å². The number of nitrogens with zero attached hydrogens (tertiary/aromatic N) is 2. The SMILES string of the molecule is O=C1c2ccccc2C[C@H](c2ccccc2)N1c1cccc2cccnc12. The molecule has 1 amide bonds. The molecule has 3 aromatic carbocycles. The fourth-order valence-corrected chi connectivity index (χ4v) is 3.98. The Labute approximate surface area is 157 Å². The van der Waals surface area contributed by atoms with Crippen LogP contribution in [-0.4, -0.2) is 10.9 Å². The van der Waals surface area contributed by atoms with Gasteiger partial charge in [-0.25, -0.2) is 0 Å². The molecule has 27 heavy (non-hydrogen) atoms. The lowest BCUT2D eigenvalue weighted by molar-refractivity contribution is 0.0967. The summed E-state index contributed by atoms with van der Waals surface area (Å²) >= 11 is 0. The van der Waals surface area contributed by atoms with Gasteiger partial charge >= 0.3 is 0 Å². The number of para-hydroxylation sites is 1. The highest BCUT2D eigenvalue weighted by Gasteiger charge is 2.35. The van der Waals surface area contributed by atoms with Crippen LogP contribution >= 0.6 is 0 Å². The van der Waals surface area contributed by atoms with Crippen molar-refractivity contribution < 1.29 is 4.79 Å². The number of amides is 1. The minimum Gasteiger partial charge on any atom is -0.298 e. The van der Waals surface area contributed by atoms with Crippen molar-refractivity contribution in [2.75, 3.05) is 4.90 Å². The van der Waals surface area contributed by atoms with Gasteiger partial charge in [-0.2, -0.15) is 0 Å². The average Bonchev–Trinajstić information content (AvgIpc) is 2.74. The minimum absolute atomic E-state index is 0.0313. The maximum Gasteiger partial charge on any atom is 0.259 e. The number of carbonyl (C=O) groups is 1. The zero-order chi connectivity index (χ0) is 18.2. The van der Waals surface area contributed by atoms with Crippen molar-refractivity contribution >= 4 is 22.5 Å². The summed E-state index contributed by atoms with van der Waals surface area (Å²) in [6, 6.07) is 28.1. The zero-order valence-electron chi connectivity index (χ0n) is 14.7. The predicted octanol–water partition coefficient (Wildman–Crippen LogP) is 5.18. The highest BCUT2D eigenvalue weighted by molar-refractivity contribution is 6.12. The molecule has 0 radical (unpaired) electrons. The summed E-state index contributed by atoms with van der Waals surface area (Å²) in [6.07, 6.45) is 2.57. The van der Waals surface area contributed by atoms with E-state index >= 15 is 0 Å². The molecule has 1 aliphatic heterocycles. The van der Waals surface area contributed by atoms with Gasteiger partial charge in [-0.15, -0.1) is 0 Å². The number of anilines is 1. The van der Waals surface area contributed by atoms with Crippen molar-refractivity contribution in [2.45, 2.75) is 12.5 Å². The van der Waals surface area contributed by atoms with Gasteiger partial charge in [-0.05, 0) is 35.7 Å². The van der Waals surface area contributed by atoms with Gasteiger partial charge in [0.25, 0.3) is 5.91 Å². The van der Waals surface area contributed by atoms with E-state index in [1.165, 1.54) is 0 Å². The van der Waals surface area contributed by atoms with E-state index in [0.29, 0.717) is 0 Å². The molecule has 4 aromatic rings. The summed E-state index contributed by atoms with van der Waals surface area (Å²) in [4.78, 5) is 20.0. The molecule has 0 aliphatic carbocycles. The van der Waals surface area contributed by atoms with E-state index in [9.17, 15) is 4.79 Å². The lowest BCUT2D eigenvalue weighted by atomic mass is 9.88. The molecule has 1 aliphatic rings. The maximum absolute atomic E-state index is 13.5. The molecular formula is C24H18N2O. The summed E-state index contributed by atoms with van der Waals surface area (Å²) in [5, 5.41) is 1.04. The van der Waals surface area contributed by atoms with Gasteiger partial charge in [0.15, 0.2) is 0 Å². The maximum atomic E-state index is 13.5. The highest BCUT2D eigenvalue weighted by Crippen LogP contribution is 2.39. The van der Waals surface area contributed by atoms with Crippen LogP contribution in [-0.2, 0) is 6.42 Å². The molecule has 2 heterocycles. The van der Waals surface area contributed by atoms with Crippen LogP contribution in [0, 0.1) is 0 Å². The van der Waals surface area contributed by atoms with Crippen LogP contribution in [0.1, 0.15) is 27.5 Å². The molecule has 0 spiro atoms. The molecule has 5 rings (SSSR count). The van der Waals surface area contributed by atoms with Crippen LogP contribution in [0.4, 0.5) is 5.69 Å². The lowest BCUT2D eigenvalue weighted by Gasteiger charge is -2.37. The average molecular weight is 350 g/mol. The molecule has 0 saturated carbocycles. The van der Waals surface area contributed by atoms with E-state index in [4.69, 9.17) is 0 Å². The number of rotatable bonds is 2. The van der Waals surface area contributed by atoms with Crippen LogP contribution < -0.4 is 4.90 Å². The van der Waals surface area contributed by atoms with Crippen LogP contribution in [0.15, 0.2) is 91.1 Å². The summed E-state index contributed by atoms with van der Waals surface area (Å²) in [7, 11) is 0. The number of fused-ring (bicyclic) bond motifs is 2. The summed E-state index contributed by atoms with van der Waals surface area (Å²) in [5.41, 5.74) is 4.72. The Bertz CT molecular complexity index is 1130. The lowest BCUT2D eigenvalue weighted by Crippen LogP contribution is -2.40. The molecule has 1 aromatic heterocycles. The van der Waals surface area contributed by atoms with Gasteiger partial charge in [0.2, 0.25) is 0 Å². The van der Waals surface area contributed by atoms with E-state index in [1.54, 1.807) is 6.20 Å². The second-order valence-electron chi connectivity index (χ2n) is 6.82. The molecule has 130 valence electrons. The Kier molecular flexibility index (Phi) is 3.72. The molecule has 3 heteroatoms. The van der Waals surface area contributed by atoms with Crippen molar-refractivity contribution in [1.29, 1.82) is 0 Å². The summed E-state index contributed by atoms with van der Waals surface area (Å²) in [6.45, 7) is 0. The van der Waals surface area contributed by atoms with Crippen molar-refractivity contribution in [3.63, 3.8) is 0 Å². The van der Waals surface area contributed by atoms with Crippen LogP contribution in [0.25, 0.3) is 10.9 Å². The number of benzene rings is 3. The van der Waals surface area contributed by atoms with Crippen molar-refractivity contribution in [3.8, 4) is 0 Å². The fraction of sp³-hybridized carbons (Fsp3) is 0.0833. The smallest absolute Gasteiger partial charge is 0.259 e.